The number of hydrogen-bond donors (Lipinski definition) is 1. The molecule has 5 nitrogen and oxygen atoms in total. The molecule has 0 amide bonds. The van der Waals surface area contributed by atoms with Crippen molar-refractivity contribution in [3.63, 3.8) is 0 Å². The molecule has 1 fully saturated rings. The number of aromatic nitrogens is 2. The topological polar surface area (TPSA) is 50.3 Å². The molecule has 2 rings (SSSR count). The van der Waals surface area contributed by atoms with E-state index in [-0.39, 0.29) is 0 Å². The minimum atomic E-state index is 0.421. The van der Waals surface area contributed by atoms with Crippen molar-refractivity contribution in [3.05, 3.63) is 12.4 Å². The summed E-state index contributed by atoms with van der Waals surface area (Å²) >= 11 is 0. The maximum atomic E-state index is 5.05. The van der Waals surface area contributed by atoms with Crippen LogP contribution < -0.4 is 15.0 Å². The molecule has 1 aliphatic rings. The first-order chi connectivity index (χ1) is 7.70. The van der Waals surface area contributed by atoms with E-state index in [4.69, 9.17) is 4.74 Å². The van der Waals surface area contributed by atoms with Crippen molar-refractivity contribution in [1.82, 2.24) is 15.3 Å². The number of ether oxygens (including phenoxy) is 1. The fraction of sp³-hybridized carbons (Fsp3) is 0.636. The molecule has 1 aromatic heterocycles. The van der Waals surface area contributed by atoms with Gasteiger partial charge >= 0.3 is 0 Å². The normalized spacial score (nSPS) is 25.6. The van der Waals surface area contributed by atoms with E-state index in [2.05, 4.69) is 34.0 Å². The fourth-order valence-electron chi connectivity index (χ4n) is 1.86. The Bertz CT molecular complexity index is 340. The van der Waals surface area contributed by atoms with Crippen molar-refractivity contribution < 1.29 is 4.74 Å². The van der Waals surface area contributed by atoms with E-state index in [1.807, 2.05) is 0 Å². The monoisotopic (exact) mass is 222 g/mol. The van der Waals surface area contributed by atoms with Crippen LogP contribution in [0.25, 0.3) is 0 Å². The summed E-state index contributed by atoms with van der Waals surface area (Å²) in [5.41, 5.74) is 0. The maximum Gasteiger partial charge on any atom is 0.225 e. The van der Waals surface area contributed by atoms with Gasteiger partial charge in [-0.3, -0.25) is 0 Å². The van der Waals surface area contributed by atoms with Crippen LogP contribution in [0.4, 0.5) is 5.95 Å². The lowest BCUT2D eigenvalue weighted by molar-refractivity contribution is 0.405. The Kier molecular flexibility index (Phi) is 3.24. The van der Waals surface area contributed by atoms with Crippen LogP contribution in [0.2, 0.25) is 0 Å². The number of anilines is 1. The lowest BCUT2D eigenvalue weighted by Gasteiger charge is -2.37. The molecule has 0 bridgehead atoms. The van der Waals surface area contributed by atoms with Gasteiger partial charge in [0.05, 0.1) is 19.5 Å². The number of methoxy groups -OCH3 is 1. The molecule has 2 atom stereocenters. The van der Waals surface area contributed by atoms with Gasteiger partial charge in [0, 0.05) is 25.2 Å². The summed E-state index contributed by atoms with van der Waals surface area (Å²) in [5.74, 6) is 1.47. The summed E-state index contributed by atoms with van der Waals surface area (Å²) in [5, 5.41) is 3.43. The van der Waals surface area contributed by atoms with Crippen LogP contribution in [0.5, 0.6) is 5.75 Å². The Morgan fingerprint density at radius 1 is 1.38 bits per heavy atom. The molecule has 0 aromatic carbocycles. The fourth-order valence-corrected chi connectivity index (χ4v) is 1.86. The molecular weight excluding hydrogens is 204 g/mol. The Hall–Kier alpha value is -1.36. The van der Waals surface area contributed by atoms with Gasteiger partial charge in [-0.1, -0.05) is 0 Å². The van der Waals surface area contributed by atoms with E-state index >= 15 is 0 Å². The summed E-state index contributed by atoms with van der Waals surface area (Å²) < 4.78 is 5.05. The van der Waals surface area contributed by atoms with Crippen molar-refractivity contribution in [1.29, 1.82) is 0 Å². The predicted octanol–water partition coefficient (Wildman–Crippen LogP) is 0.672. The third-order valence-electron chi connectivity index (χ3n) is 2.87. The molecule has 2 unspecified atom stereocenters. The summed E-state index contributed by atoms with van der Waals surface area (Å²) in [7, 11) is 1.62. The molecule has 0 spiro atoms. The first kappa shape index (κ1) is 11.1. The van der Waals surface area contributed by atoms with Gasteiger partial charge in [-0.25, -0.2) is 9.97 Å². The minimum Gasteiger partial charge on any atom is -0.494 e. The van der Waals surface area contributed by atoms with Crippen LogP contribution in [0.3, 0.4) is 0 Å². The lowest BCUT2D eigenvalue weighted by atomic mass is 10.1. The maximum absolute atomic E-state index is 5.05. The average Bonchev–Trinajstić information content (AvgIpc) is 2.32. The van der Waals surface area contributed by atoms with E-state index in [0.29, 0.717) is 17.8 Å². The van der Waals surface area contributed by atoms with Crippen LogP contribution in [0.1, 0.15) is 13.8 Å². The number of nitrogens with zero attached hydrogens (tertiary/aromatic N) is 3. The van der Waals surface area contributed by atoms with Crippen LogP contribution in [0.15, 0.2) is 12.4 Å². The van der Waals surface area contributed by atoms with E-state index in [0.717, 1.165) is 19.0 Å². The van der Waals surface area contributed by atoms with Gasteiger partial charge in [0.2, 0.25) is 5.95 Å². The van der Waals surface area contributed by atoms with Gasteiger partial charge < -0.3 is 15.0 Å². The second-order valence-corrected chi connectivity index (χ2v) is 4.23. The SMILES string of the molecule is COc1cnc(N2CC(C)NCC2C)nc1. The standard InChI is InChI=1S/C11H18N4O/c1-8-7-15(9(2)4-12-8)11-13-5-10(16-3)6-14-11/h5-6,8-9,12H,4,7H2,1-3H3. The van der Waals surface area contributed by atoms with E-state index in [1.54, 1.807) is 19.5 Å². The van der Waals surface area contributed by atoms with E-state index in [9.17, 15) is 0 Å². The minimum absolute atomic E-state index is 0.421. The average molecular weight is 222 g/mol. The first-order valence-electron chi connectivity index (χ1n) is 5.56. The van der Waals surface area contributed by atoms with Gasteiger partial charge in [-0.05, 0) is 13.8 Å². The summed E-state index contributed by atoms with van der Waals surface area (Å²) in [6.07, 6.45) is 3.42. The Morgan fingerprint density at radius 3 is 2.69 bits per heavy atom. The molecule has 5 heteroatoms. The van der Waals surface area contributed by atoms with Crippen molar-refractivity contribution in [2.24, 2.45) is 0 Å². The van der Waals surface area contributed by atoms with Gasteiger partial charge in [0.1, 0.15) is 0 Å². The van der Waals surface area contributed by atoms with Crippen LogP contribution in [-0.4, -0.2) is 42.3 Å². The highest BCUT2D eigenvalue weighted by molar-refractivity contribution is 5.34. The molecule has 16 heavy (non-hydrogen) atoms. The summed E-state index contributed by atoms with van der Waals surface area (Å²) in [4.78, 5) is 10.9. The molecule has 1 aromatic rings. The Labute approximate surface area is 95.8 Å². The predicted molar refractivity (Wildman–Crippen MR) is 62.9 cm³/mol. The van der Waals surface area contributed by atoms with Crippen molar-refractivity contribution in [3.8, 4) is 5.75 Å². The highest BCUT2D eigenvalue weighted by Crippen LogP contribution is 2.16. The molecule has 1 aliphatic heterocycles. The zero-order valence-electron chi connectivity index (χ0n) is 9.97. The quantitative estimate of drug-likeness (QED) is 0.797. The lowest BCUT2D eigenvalue weighted by Crippen LogP contribution is -2.55. The van der Waals surface area contributed by atoms with Crippen LogP contribution in [-0.2, 0) is 0 Å². The molecule has 0 saturated carbocycles. The second kappa shape index (κ2) is 4.65. The first-order valence-corrected chi connectivity index (χ1v) is 5.56. The zero-order valence-corrected chi connectivity index (χ0v) is 9.97. The number of hydrogen-bond acceptors (Lipinski definition) is 5. The molecule has 0 aliphatic carbocycles. The smallest absolute Gasteiger partial charge is 0.225 e. The Balaban J connectivity index is 2.15. The van der Waals surface area contributed by atoms with Crippen LogP contribution >= 0.6 is 0 Å². The van der Waals surface area contributed by atoms with Gasteiger partial charge in [-0.2, -0.15) is 0 Å². The van der Waals surface area contributed by atoms with Crippen LogP contribution in [0, 0.1) is 0 Å². The number of piperazine rings is 1. The second-order valence-electron chi connectivity index (χ2n) is 4.23. The van der Waals surface area contributed by atoms with Gasteiger partial charge in [-0.15, -0.1) is 0 Å². The van der Waals surface area contributed by atoms with Gasteiger partial charge in [0.15, 0.2) is 5.75 Å². The van der Waals surface area contributed by atoms with Crippen molar-refractivity contribution >= 4 is 5.95 Å². The molecular formula is C11H18N4O. The molecule has 1 N–H and O–H groups in total. The largest absolute Gasteiger partial charge is 0.494 e. The number of nitrogens with one attached hydrogen (secondary N) is 1. The molecule has 0 radical (unpaired) electrons. The zero-order chi connectivity index (χ0) is 11.5. The third-order valence-corrected chi connectivity index (χ3v) is 2.87. The molecule has 1 saturated heterocycles. The molecule has 2 heterocycles. The number of rotatable bonds is 2. The Morgan fingerprint density at radius 2 is 2.06 bits per heavy atom. The van der Waals surface area contributed by atoms with Crippen molar-refractivity contribution in [2.45, 2.75) is 25.9 Å². The summed E-state index contributed by atoms with van der Waals surface area (Å²) in [6, 6.07) is 0.895. The van der Waals surface area contributed by atoms with E-state index < -0.39 is 0 Å². The third kappa shape index (κ3) is 2.24. The highest BCUT2D eigenvalue weighted by atomic mass is 16.5. The van der Waals surface area contributed by atoms with Gasteiger partial charge in [0.25, 0.3) is 0 Å². The summed E-state index contributed by atoms with van der Waals surface area (Å²) in [6.45, 7) is 6.25. The van der Waals surface area contributed by atoms with E-state index in [1.165, 1.54) is 0 Å². The molecule has 88 valence electrons. The van der Waals surface area contributed by atoms with Crippen molar-refractivity contribution in [2.75, 3.05) is 25.1 Å². The highest BCUT2D eigenvalue weighted by Gasteiger charge is 2.24.